The van der Waals surface area contributed by atoms with Crippen LogP contribution in [0.15, 0.2) is 29.2 Å². The lowest BCUT2D eigenvalue weighted by Gasteiger charge is -2.24. The van der Waals surface area contributed by atoms with E-state index in [1.165, 1.54) is 11.8 Å². The molecule has 23 heavy (non-hydrogen) atoms. The summed E-state index contributed by atoms with van der Waals surface area (Å²) in [5.74, 6) is -0.115. The molecule has 0 heterocycles. The van der Waals surface area contributed by atoms with Crippen molar-refractivity contribution in [1.29, 1.82) is 0 Å². The zero-order chi connectivity index (χ0) is 17.2. The van der Waals surface area contributed by atoms with E-state index >= 15 is 0 Å². The molecule has 1 N–H and O–H groups in total. The van der Waals surface area contributed by atoms with Crippen molar-refractivity contribution >= 4 is 35.2 Å². The van der Waals surface area contributed by atoms with E-state index in [1.54, 1.807) is 4.90 Å². The number of hydrogen-bond donors (Lipinski definition) is 1. The van der Waals surface area contributed by atoms with Gasteiger partial charge >= 0.3 is 0 Å². The van der Waals surface area contributed by atoms with Gasteiger partial charge in [-0.05, 0) is 44.0 Å². The summed E-state index contributed by atoms with van der Waals surface area (Å²) in [7, 11) is 0. The molecule has 1 unspecified atom stereocenters. The average Bonchev–Trinajstić information content (AvgIpc) is 2.54. The summed E-state index contributed by atoms with van der Waals surface area (Å²) in [5, 5.41) is 3.24. The van der Waals surface area contributed by atoms with Crippen LogP contribution in [0.25, 0.3) is 0 Å². The Morgan fingerprint density at radius 2 is 1.87 bits per heavy atom. The molecule has 1 rings (SSSR count). The number of hydrogen-bond acceptors (Lipinski definition) is 3. The maximum atomic E-state index is 12.6. The number of nitrogens with zero attached hydrogens (tertiary/aromatic N) is 1. The van der Waals surface area contributed by atoms with E-state index in [2.05, 4.69) is 5.32 Å². The SMILES string of the molecule is CCCNC(=O)CN(CCC)C(=O)C(C)Sc1ccc(Cl)cc1. The van der Waals surface area contributed by atoms with Crippen molar-refractivity contribution in [2.75, 3.05) is 19.6 Å². The van der Waals surface area contributed by atoms with Gasteiger partial charge in [0, 0.05) is 23.0 Å². The van der Waals surface area contributed by atoms with Crippen LogP contribution < -0.4 is 5.32 Å². The summed E-state index contributed by atoms with van der Waals surface area (Å²) >= 11 is 7.35. The maximum Gasteiger partial charge on any atom is 0.239 e. The van der Waals surface area contributed by atoms with Gasteiger partial charge in [-0.25, -0.2) is 0 Å². The van der Waals surface area contributed by atoms with Gasteiger partial charge in [-0.3, -0.25) is 9.59 Å². The highest BCUT2D eigenvalue weighted by Gasteiger charge is 2.22. The van der Waals surface area contributed by atoms with Gasteiger partial charge in [0.2, 0.25) is 11.8 Å². The minimum atomic E-state index is -0.248. The number of carbonyl (C=O) groups excluding carboxylic acids is 2. The second-order valence-electron chi connectivity index (χ2n) is 5.32. The molecular formula is C17H25ClN2O2S. The Kier molecular flexibility index (Phi) is 9.10. The molecule has 1 atom stereocenters. The molecule has 0 spiro atoms. The Morgan fingerprint density at radius 3 is 2.43 bits per heavy atom. The smallest absolute Gasteiger partial charge is 0.239 e. The van der Waals surface area contributed by atoms with E-state index < -0.39 is 0 Å². The second kappa shape index (κ2) is 10.6. The molecule has 4 nitrogen and oxygen atoms in total. The second-order valence-corrected chi connectivity index (χ2v) is 7.17. The molecule has 0 saturated heterocycles. The van der Waals surface area contributed by atoms with E-state index in [0.29, 0.717) is 18.1 Å². The van der Waals surface area contributed by atoms with E-state index in [9.17, 15) is 9.59 Å². The van der Waals surface area contributed by atoms with Crippen LogP contribution in [0, 0.1) is 0 Å². The van der Waals surface area contributed by atoms with Gasteiger partial charge in [0.25, 0.3) is 0 Å². The molecule has 0 saturated carbocycles. The van der Waals surface area contributed by atoms with Gasteiger partial charge < -0.3 is 10.2 Å². The number of rotatable bonds is 9. The van der Waals surface area contributed by atoms with Crippen molar-refractivity contribution in [2.24, 2.45) is 0 Å². The first-order valence-corrected chi connectivity index (χ1v) is 9.21. The summed E-state index contributed by atoms with van der Waals surface area (Å²) in [6.45, 7) is 7.22. The zero-order valence-corrected chi connectivity index (χ0v) is 15.5. The van der Waals surface area contributed by atoms with Crippen molar-refractivity contribution in [3.05, 3.63) is 29.3 Å². The number of thioether (sulfide) groups is 1. The van der Waals surface area contributed by atoms with Gasteiger partial charge in [0.15, 0.2) is 0 Å². The van der Waals surface area contributed by atoms with Crippen LogP contribution in [0.5, 0.6) is 0 Å². The number of benzene rings is 1. The first-order valence-electron chi connectivity index (χ1n) is 7.95. The van der Waals surface area contributed by atoms with E-state index in [1.807, 2.05) is 45.0 Å². The van der Waals surface area contributed by atoms with Crippen molar-refractivity contribution in [2.45, 2.75) is 43.8 Å². The third-order valence-corrected chi connectivity index (χ3v) is 4.54. The van der Waals surface area contributed by atoms with Crippen molar-refractivity contribution in [3.8, 4) is 0 Å². The van der Waals surface area contributed by atoms with E-state index in [0.717, 1.165) is 17.7 Å². The predicted molar refractivity (Wildman–Crippen MR) is 96.9 cm³/mol. The van der Waals surface area contributed by atoms with Gasteiger partial charge in [-0.2, -0.15) is 0 Å². The molecule has 0 aliphatic rings. The summed E-state index contributed by atoms with van der Waals surface area (Å²) in [6.07, 6.45) is 1.71. The zero-order valence-electron chi connectivity index (χ0n) is 14.0. The molecular weight excluding hydrogens is 332 g/mol. The summed E-state index contributed by atoms with van der Waals surface area (Å²) < 4.78 is 0. The molecule has 0 radical (unpaired) electrons. The van der Waals surface area contributed by atoms with Crippen molar-refractivity contribution in [3.63, 3.8) is 0 Å². The maximum absolute atomic E-state index is 12.6. The molecule has 0 aliphatic heterocycles. The normalized spacial score (nSPS) is 11.8. The van der Waals surface area contributed by atoms with Crippen LogP contribution in [-0.4, -0.2) is 41.6 Å². The lowest BCUT2D eigenvalue weighted by molar-refractivity contribution is -0.135. The fourth-order valence-electron chi connectivity index (χ4n) is 2.06. The summed E-state index contributed by atoms with van der Waals surface area (Å²) in [6, 6.07) is 7.41. The van der Waals surface area contributed by atoms with Crippen LogP contribution in [0.3, 0.4) is 0 Å². The fourth-order valence-corrected chi connectivity index (χ4v) is 3.13. The quantitative estimate of drug-likeness (QED) is 0.688. The lowest BCUT2D eigenvalue weighted by Crippen LogP contribution is -2.44. The summed E-state index contributed by atoms with van der Waals surface area (Å²) in [5.41, 5.74) is 0. The molecule has 0 bridgehead atoms. The van der Waals surface area contributed by atoms with Crippen LogP contribution in [0.4, 0.5) is 0 Å². The van der Waals surface area contributed by atoms with Crippen LogP contribution in [-0.2, 0) is 9.59 Å². The van der Waals surface area contributed by atoms with Crippen LogP contribution in [0.1, 0.15) is 33.6 Å². The van der Waals surface area contributed by atoms with E-state index in [4.69, 9.17) is 11.6 Å². The Morgan fingerprint density at radius 1 is 1.22 bits per heavy atom. The molecule has 128 valence electrons. The summed E-state index contributed by atoms with van der Waals surface area (Å²) in [4.78, 5) is 27.1. The number of amides is 2. The number of halogens is 1. The topological polar surface area (TPSA) is 49.4 Å². The largest absolute Gasteiger partial charge is 0.355 e. The van der Waals surface area contributed by atoms with E-state index in [-0.39, 0.29) is 23.6 Å². The third-order valence-electron chi connectivity index (χ3n) is 3.19. The number of nitrogens with one attached hydrogen (secondary N) is 1. The minimum absolute atomic E-state index is 0.0153. The lowest BCUT2D eigenvalue weighted by atomic mass is 10.3. The van der Waals surface area contributed by atoms with Crippen LogP contribution in [0.2, 0.25) is 5.02 Å². The van der Waals surface area contributed by atoms with Gasteiger partial charge in [-0.1, -0.05) is 25.4 Å². The highest BCUT2D eigenvalue weighted by molar-refractivity contribution is 8.00. The van der Waals surface area contributed by atoms with Crippen LogP contribution >= 0.6 is 23.4 Å². The molecule has 0 aromatic heterocycles. The van der Waals surface area contributed by atoms with Gasteiger partial charge in [-0.15, -0.1) is 11.8 Å². The Labute approximate surface area is 148 Å². The van der Waals surface area contributed by atoms with Gasteiger partial charge in [0.05, 0.1) is 11.8 Å². The highest BCUT2D eigenvalue weighted by atomic mass is 35.5. The monoisotopic (exact) mass is 356 g/mol. The molecule has 0 aliphatic carbocycles. The first-order chi connectivity index (χ1) is 11.0. The van der Waals surface area contributed by atoms with Crippen molar-refractivity contribution in [1.82, 2.24) is 10.2 Å². The molecule has 2 amide bonds. The third kappa shape index (κ3) is 7.27. The average molecular weight is 357 g/mol. The Balaban J connectivity index is 2.64. The Hall–Kier alpha value is -1.20. The first kappa shape index (κ1) is 19.8. The Bertz CT molecular complexity index is 508. The molecule has 1 aromatic rings. The van der Waals surface area contributed by atoms with Gasteiger partial charge in [0.1, 0.15) is 0 Å². The minimum Gasteiger partial charge on any atom is -0.355 e. The molecule has 6 heteroatoms. The number of carbonyl (C=O) groups is 2. The predicted octanol–water partition coefficient (Wildman–Crippen LogP) is 3.59. The van der Waals surface area contributed by atoms with Crippen molar-refractivity contribution < 1.29 is 9.59 Å². The molecule has 0 fully saturated rings. The fraction of sp³-hybridized carbons (Fsp3) is 0.529. The standard InChI is InChI=1S/C17H25ClN2O2S/c1-4-10-19-16(21)12-20(11-5-2)17(22)13(3)23-15-8-6-14(18)7-9-15/h6-9,13H,4-5,10-12H2,1-3H3,(H,19,21). The molecule has 1 aromatic carbocycles. The highest BCUT2D eigenvalue weighted by Crippen LogP contribution is 2.25.